The van der Waals surface area contributed by atoms with Gasteiger partial charge in [-0.2, -0.15) is 0 Å². The molecule has 0 aliphatic carbocycles. The third-order valence-corrected chi connectivity index (χ3v) is 8.27. The molecule has 2 heterocycles. The largest absolute Gasteiger partial charge is 0.445 e. The van der Waals surface area contributed by atoms with Crippen LogP contribution in [0.1, 0.15) is 41.6 Å². The smallest absolute Gasteiger partial charge is 0.407 e. The summed E-state index contributed by atoms with van der Waals surface area (Å²) in [5.74, 6) is 0.730. The molecule has 1 fully saturated rings. The molecule has 0 unspecified atom stereocenters. The number of ether oxygens (including phenoxy) is 3. The molecule has 1 saturated heterocycles. The molecule has 4 aromatic rings. The SMILES string of the molecule is C=CCOC(=O)NCc1ccccc1-c1ccc([C@H]2O[C@@H](CSc3ncccn3)[C@@H](C)[C@@H](c3ccc(CO)cc3)O2)cc1. The number of nitrogens with one attached hydrogen (secondary N) is 1. The number of hydrogen-bond acceptors (Lipinski definition) is 8. The Hall–Kier alpha value is -4.02. The van der Waals surface area contributed by atoms with Crippen LogP contribution >= 0.6 is 11.8 Å². The standard InChI is InChI=1S/C34H35N3O5S/c1-3-19-40-34(39)37-20-28-7-4-5-8-29(28)25-13-15-27(16-14-25)32-41-30(22-43-33-35-17-6-18-36-33)23(2)31(42-32)26-11-9-24(21-38)10-12-26/h3-18,23,30-32,38H,1,19-22H2,2H3,(H,37,39)/t23-,30+,31+,32+/m1/s1. The highest BCUT2D eigenvalue weighted by Crippen LogP contribution is 2.43. The maximum atomic E-state index is 12.0. The monoisotopic (exact) mass is 597 g/mol. The van der Waals surface area contributed by atoms with Crippen molar-refractivity contribution >= 4 is 17.9 Å². The Morgan fingerprint density at radius 1 is 1.00 bits per heavy atom. The molecule has 5 rings (SSSR count). The molecule has 2 N–H and O–H groups in total. The fourth-order valence-electron chi connectivity index (χ4n) is 4.96. The molecular weight excluding hydrogens is 562 g/mol. The predicted octanol–water partition coefficient (Wildman–Crippen LogP) is 6.63. The van der Waals surface area contributed by atoms with Crippen molar-refractivity contribution in [1.82, 2.24) is 15.3 Å². The van der Waals surface area contributed by atoms with Gasteiger partial charge < -0.3 is 24.6 Å². The number of rotatable bonds is 11. The Balaban J connectivity index is 1.35. The molecule has 1 aliphatic rings. The van der Waals surface area contributed by atoms with E-state index in [1.54, 1.807) is 30.2 Å². The molecule has 3 aromatic carbocycles. The second kappa shape index (κ2) is 14.9. The van der Waals surface area contributed by atoms with Gasteiger partial charge in [-0.05, 0) is 33.9 Å². The first-order valence-corrected chi connectivity index (χ1v) is 15.1. The van der Waals surface area contributed by atoms with E-state index in [-0.39, 0.29) is 31.3 Å². The van der Waals surface area contributed by atoms with Gasteiger partial charge in [-0.25, -0.2) is 14.8 Å². The summed E-state index contributed by atoms with van der Waals surface area (Å²) >= 11 is 1.56. The van der Waals surface area contributed by atoms with Crippen LogP contribution in [-0.4, -0.2) is 39.6 Å². The first kappa shape index (κ1) is 30.4. The third kappa shape index (κ3) is 7.88. The second-order valence-electron chi connectivity index (χ2n) is 10.2. The molecule has 43 heavy (non-hydrogen) atoms. The lowest BCUT2D eigenvalue weighted by Gasteiger charge is -2.41. The van der Waals surface area contributed by atoms with E-state index in [0.29, 0.717) is 17.5 Å². The zero-order valence-electron chi connectivity index (χ0n) is 24.0. The molecule has 8 nitrogen and oxygen atoms in total. The lowest BCUT2D eigenvalue weighted by Crippen LogP contribution is -2.38. The topological polar surface area (TPSA) is 103 Å². The van der Waals surface area contributed by atoms with E-state index in [0.717, 1.165) is 33.4 Å². The van der Waals surface area contributed by atoms with E-state index in [9.17, 15) is 9.90 Å². The highest BCUT2D eigenvalue weighted by molar-refractivity contribution is 7.99. The van der Waals surface area contributed by atoms with E-state index in [1.807, 2.05) is 72.8 Å². The highest BCUT2D eigenvalue weighted by Gasteiger charge is 2.38. The highest BCUT2D eigenvalue weighted by atomic mass is 32.2. The van der Waals surface area contributed by atoms with Crippen LogP contribution < -0.4 is 5.32 Å². The van der Waals surface area contributed by atoms with Crippen molar-refractivity contribution in [1.29, 1.82) is 0 Å². The molecule has 1 aromatic heterocycles. The summed E-state index contributed by atoms with van der Waals surface area (Å²) in [5.41, 5.74) is 5.78. The van der Waals surface area contributed by atoms with Crippen molar-refractivity contribution in [3.05, 3.63) is 126 Å². The zero-order chi connectivity index (χ0) is 30.0. The summed E-state index contributed by atoms with van der Waals surface area (Å²) in [4.78, 5) is 20.7. The van der Waals surface area contributed by atoms with Crippen molar-refractivity contribution in [3.63, 3.8) is 0 Å². The third-order valence-electron chi connectivity index (χ3n) is 7.31. The van der Waals surface area contributed by atoms with Crippen LogP contribution in [0.25, 0.3) is 11.1 Å². The number of hydrogen-bond donors (Lipinski definition) is 2. The summed E-state index contributed by atoms with van der Waals surface area (Å²) in [6, 6.07) is 25.8. The van der Waals surface area contributed by atoms with Crippen molar-refractivity contribution in [2.75, 3.05) is 12.4 Å². The quantitative estimate of drug-likeness (QED) is 0.113. The Kier molecular flexibility index (Phi) is 10.6. The number of alkyl carbamates (subject to hydrolysis) is 1. The number of carbonyl (C=O) groups is 1. The van der Waals surface area contributed by atoms with E-state index in [4.69, 9.17) is 14.2 Å². The second-order valence-corrected chi connectivity index (χ2v) is 11.2. The van der Waals surface area contributed by atoms with Crippen LogP contribution in [0, 0.1) is 5.92 Å². The normalized spacial score (nSPS) is 19.9. The molecule has 222 valence electrons. The lowest BCUT2D eigenvalue weighted by atomic mass is 9.91. The molecule has 9 heteroatoms. The van der Waals surface area contributed by atoms with Crippen LogP contribution in [-0.2, 0) is 27.4 Å². The Bertz CT molecular complexity index is 1480. The van der Waals surface area contributed by atoms with Crippen LogP contribution in [0.4, 0.5) is 4.79 Å². The molecule has 0 bridgehead atoms. The van der Waals surface area contributed by atoms with Gasteiger partial charge in [0, 0.05) is 36.2 Å². The zero-order valence-corrected chi connectivity index (χ0v) is 24.8. The summed E-state index contributed by atoms with van der Waals surface area (Å²) in [5, 5.41) is 13.0. The Morgan fingerprint density at radius 3 is 2.44 bits per heavy atom. The van der Waals surface area contributed by atoms with E-state index in [2.05, 4.69) is 28.8 Å². The number of aliphatic hydroxyl groups excluding tert-OH is 1. The van der Waals surface area contributed by atoms with Crippen molar-refractivity contribution < 1.29 is 24.1 Å². The maximum Gasteiger partial charge on any atom is 0.407 e. The van der Waals surface area contributed by atoms with Gasteiger partial charge >= 0.3 is 6.09 Å². The molecule has 4 atom stereocenters. The van der Waals surface area contributed by atoms with Crippen LogP contribution in [0.3, 0.4) is 0 Å². The first-order valence-electron chi connectivity index (χ1n) is 14.2. The average molecular weight is 598 g/mol. The summed E-state index contributed by atoms with van der Waals surface area (Å²) in [6.45, 7) is 6.19. The number of amides is 1. The first-order chi connectivity index (χ1) is 21.1. The van der Waals surface area contributed by atoms with Crippen LogP contribution in [0.2, 0.25) is 0 Å². The molecule has 1 aliphatic heterocycles. The fraction of sp³-hybridized carbons (Fsp3) is 0.265. The van der Waals surface area contributed by atoms with Gasteiger partial charge in [-0.1, -0.05) is 104 Å². The van der Waals surface area contributed by atoms with Crippen molar-refractivity contribution in [2.24, 2.45) is 5.92 Å². The molecule has 0 saturated carbocycles. The van der Waals surface area contributed by atoms with E-state index < -0.39 is 12.4 Å². The van der Waals surface area contributed by atoms with Gasteiger partial charge in [0.1, 0.15) is 6.61 Å². The van der Waals surface area contributed by atoms with Crippen molar-refractivity contribution in [3.8, 4) is 11.1 Å². The van der Waals surface area contributed by atoms with Gasteiger partial charge in [-0.3, -0.25) is 0 Å². The van der Waals surface area contributed by atoms with E-state index >= 15 is 0 Å². The minimum absolute atomic E-state index is 0.00558. The number of thioether (sulfide) groups is 1. The summed E-state index contributed by atoms with van der Waals surface area (Å²) in [6.07, 6.45) is 3.61. The lowest BCUT2D eigenvalue weighted by molar-refractivity contribution is -0.268. The number of benzene rings is 3. The molecular formula is C34H35N3O5S. The van der Waals surface area contributed by atoms with Gasteiger partial charge in [0.15, 0.2) is 11.4 Å². The van der Waals surface area contributed by atoms with Crippen molar-refractivity contribution in [2.45, 2.75) is 43.7 Å². The number of aromatic nitrogens is 2. The summed E-state index contributed by atoms with van der Waals surface area (Å²) in [7, 11) is 0. The summed E-state index contributed by atoms with van der Waals surface area (Å²) < 4.78 is 18.2. The fourth-order valence-corrected chi connectivity index (χ4v) is 5.92. The Morgan fingerprint density at radius 2 is 1.72 bits per heavy atom. The molecule has 0 radical (unpaired) electrons. The number of carbonyl (C=O) groups excluding carboxylic acids is 1. The van der Waals surface area contributed by atoms with Gasteiger partial charge in [0.2, 0.25) is 0 Å². The van der Waals surface area contributed by atoms with E-state index in [1.165, 1.54) is 6.08 Å². The van der Waals surface area contributed by atoms with Gasteiger partial charge in [0.25, 0.3) is 0 Å². The number of aliphatic hydroxyl groups is 1. The maximum absolute atomic E-state index is 12.0. The molecule has 1 amide bonds. The minimum Gasteiger partial charge on any atom is -0.445 e. The minimum atomic E-state index is -0.577. The van der Waals surface area contributed by atoms with Crippen LogP contribution in [0.15, 0.2) is 109 Å². The number of nitrogens with zero attached hydrogens (tertiary/aromatic N) is 2. The molecule has 0 spiro atoms. The Labute approximate surface area is 256 Å². The predicted molar refractivity (Wildman–Crippen MR) is 166 cm³/mol. The van der Waals surface area contributed by atoms with Crippen LogP contribution in [0.5, 0.6) is 0 Å². The average Bonchev–Trinajstić information content (AvgIpc) is 3.06. The van der Waals surface area contributed by atoms with Gasteiger partial charge in [-0.15, -0.1) is 0 Å². The van der Waals surface area contributed by atoms with Gasteiger partial charge in [0.05, 0.1) is 18.8 Å².